The fraction of sp³-hybridized carbons (Fsp3) is 0.423. The van der Waals surface area contributed by atoms with Gasteiger partial charge in [-0.15, -0.1) is 10.2 Å². The summed E-state index contributed by atoms with van der Waals surface area (Å²) in [7, 11) is 0. The first kappa shape index (κ1) is 25.3. The average molecular weight is 493 g/mol. The zero-order valence-corrected chi connectivity index (χ0v) is 21.0. The van der Waals surface area contributed by atoms with E-state index in [1.807, 2.05) is 19.1 Å². The number of aryl methyl sites for hydroxylation is 1. The molecule has 4 heterocycles. The van der Waals surface area contributed by atoms with E-state index in [0.29, 0.717) is 25.2 Å². The normalized spacial score (nSPS) is 15.6. The van der Waals surface area contributed by atoms with Gasteiger partial charge in [-0.3, -0.25) is 9.78 Å². The van der Waals surface area contributed by atoms with Gasteiger partial charge in [-0.05, 0) is 62.5 Å². The van der Waals surface area contributed by atoms with Crippen LogP contribution in [0.3, 0.4) is 0 Å². The molecule has 0 atom stereocenters. The first-order valence-corrected chi connectivity index (χ1v) is 12.0. The van der Waals surface area contributed by atoms with Crippen LogP contribution in [0, 0.1) is 0 Å². The van der Waals surface area contributed by atoms with Gasteiger partial charge in [-0.25, -0.2) is 4.79 Å². The van der Waals surface area contributed by atoms with Crippen LogP contribution in [0.5, 0.6) is 0 Å². The second-order valence-corrected chi connectivity index (χ2v) is 9.76. The molecular formula is C26H32N6O4. The molecule has 36 heavy (non-hydrogen) atoms. The van der Waals surface area contributed by atoms with Crippen molar-refractivity contribution >= 4 is 17.6 Å². The molecule has 0 saturated carbocycles. The molecule has 0 spiro atoms. The average Bonchev–Trinajstić information content (AvgIpc) is 3.45. The first-order chi connectivity index (χ1) is 17.1. The number of nitrogens with one attached hydrogen (secondary N) is 1. The summed E-state index contributed by atoms with van der Waals surface area (Å²) in [6.45, 7) is 10.7. The van der Waals surface area contributed by atoms with Crippen molar-refractivity contribution in [2.45, 2.75) is 58.7 Å². The second kappa shape index (κ2) is 10.4. The molecular weight excluding hydrogens is 460 g/mol. The Morgan fingerprint density at radius 2 is 2.06 bits per heavy atom. The summed E-state index contributed by atoms with van der Waals surface area (Å²) >= 11 is 0. The van der Waals surface area contributed by atoms with Gasteiger partial charge < -0.3 is 24.6 Å². The summed E-state index contributed by atoms with van der Waals surface area (Å²) in [5.41, 5.74) is 2.36. The largest absolute Gasteiger partial charge is 0.446 e. The minimum atomic E-state index is -1.10. The lowest BCUT2D eigenvalue weighted by molar-refractivity contribution is -0.00487. The number of carbonyl (C=O) groups is 2. The molecule has 0 bridgehead atoms. The fourth-order valence-electron chi connectivity index (χ4n) is 4.12. The Morgan fingerprint density at radius 3 is 2.83 bits per heavy atom. The number of hydrogen-bond donors (Lipinski definition) is 2. The van der Waals surface area contributed by atoms with E-state index in [9.17, 15) is 14.7 Å². The van der Waals surface area contributed by atoms with Crippen LogP contribution in [-0.2, 0) is 30.7 Å². The van der Waals surface area contributed by atoms with E-state index >= 15 is 0 Å². The summed E-state index contributed by atoms with van der Waals surface area (Å²) in [5, 5.41) is 21.0. The Bertz CT molecular complexity index is 1240. The van der Waals surface area contributed by atoms with Crippen LogP contribution in [0.15, 0.2) is 42.8 Å². The molecule has 0 saturated heterocycles. The number of carbonyl (C=O) groups excluding carboxylic acids is 2. The molecule has 0 aliphatic carbocycles. The molecule has 2 N–H and O–H groups in total. The summed E-state index contributed by atoms with van der Waals surface area (Å²) in [6, 6.07) is 1.69. The van der Waals surface area contributed by atoms with Crippen molar-refractivity contribution in [1.29, 1.82) is 0 Å². The van der Waals surface area contributed by atoms with Crippen molar-refractivity contribution in [2.75, 3.05) is 13.2 Å². The van der Waals surface area contributed by atoms with Crippen molar-refractivity contribution in [1.82, 2.24) is 30.0 Å². The molecule has 2 aliphatic heterocycles. The van der Waals surface area contributed by atoms with Crippen LogP contribution < -0.4 is 5.32 Å². The van der Waals surface area contributed by atoms with Crippen LogP contribution in [0.2, 0.25) is 0 Å². The molecule has 190 valence electrons. The Balaban J connectivity index is 1.34. The zero-order valence-electron chi connectivity index (χ0n) is 21.0. The monoisotopic (exact) mass is 492 g/mol. The number of allylic oxidation sites excluding steroid dienone is 4. The van der Waals surface area contributed by atoms with Crippen LogP contribution in [0.4, 0.5) is 4.79 Å². The van der Waals surface area contributed by atoms with Gasteiger partial charge in [0.25, 0.3) is 5.91 Å². The molecule has 10 nitrogen and oxygen atoms in total. The van der Waals surface area contributed by atoms with Gasteiger partial charge in [0.2, 0.25) is 0 Å². The highest BCUT2D eigenvalue weighted by Gasteiger charge is 2.25. The highest BCUT2D eigenvalue weighted by Crippen LogP contribution is 2.21. The van der Waals surface area contributed by atoms with Gasteiger partial charge in [0, 0.05) is 37.9 Å². The third-order valence-corrected chi connectivity index (χ3v) is 6.01. The number of aromatic nitrogens is 4. The molecule has 2 aliphatic rings. The summed E-state index contributed by atoms with van der Waals surface area (Å²) in [5.74, 6) is 1.49. The quantitative estimate of drug-likeness (QED) is 0.570. The van der Waals surface area contributed by atoms with E-state index in [1.165, 1.54) is 0 Å². The Hall–Kier alpha value is -3.79. The standard InChI is InChI=1S/C26H32N6O4/c1-17(23-30-29-22-9-6-11-32(22)23)7-5-8-18(2)28-24(33)21-13-20-15-31(12-10-19(20)14-27-21)25(34)36-16-26(3,4)35/h5,7-8,13-14,35H,2,6,9-12,15-16H2,1,3-4H3,(H,28,33)/b8-5-,17-7+. The van der Waals surface area contributed by atoms with E-state index in [2.05, 4.69) is 31.6 Å². The third-order valence-electron chi connectivity index (χ3n) is 6.01. The number of nitrogens with zero attached hydrogens (tertiary/aromatic N) is 5. The van der Waals surface area contributed by atoms with Crippen LogP contribution in [0.25, 0.3) is 5.57 Å². The Labute approximate surface area is 210 Å². The number of amides is 2. The predicted octanol–water partition coefficient (Wildman–Crippen LogP) is 2.79. The molecule has 0 unspecified atom stereocenters. The molecule has 0 fully saturated rings. The highest BCUT2D eigenvalue weighted by atomic mass is 16.6. The summed E-state index contributed by atoms with van der Waals surface area (Å²) in [6.07, 6.45) is 9.26. The van der Waals surface area contributed by atoms with Gasteiger partial charge in [-0.1, -0.05) is 18.7 Å². The van der Waals surface area contributed by atoms with Crippen LogP contribution in [0.1, 0.15) is 60.5 Å². The van der Waals surface area contributed by atoms with Gasteiger partial charge in [0.05, 0.1) is 5.60 Å². The Morgan fingerprint density at radius 1 is 1.25 bits per heavy atom. The Kier molecular flexibility index (Phi) is 7.35. The van der Waals surface area contributed by atoms with Crippen LogP contribution in [-0.4, -0.2) is 60.5 Å². The minimum Gasteiger partial charge on any atom is -0.446 e. The highest BCUT2D eigenvalue weighted by molar-refractivity contribution is 5.93. The van der Waals surface area contributed by atoms with Crippen molar-refractivity contribution in [3.05, 3.63) is 71.2 Å². The predicted molar refractivity (Wildman–Crippen MR) is 134 cm³/mol. The lowest BCUT2D eigenvalue weighted by Gasteiger charge is -2.29. The smallest absolute Gasteiger partial charge is 0.410 e. The maximum absolute atomic E-state index is 12.7. The van der Waals surface area contributed by atoms with E-state index in [1.54, 1.807) is 37.1 Å². The summed E-state index contributed by atoms with van der Waals surface area (Å²) in [4.78, 5) is 30.9. The van der Waals surface area contributed by atoms with Gasteiger partial charge in [0.15, 0.2) is 5.82 Å². The number of fused-ring (bicyclic) bond motifs is 2. The summed E-state index contributed by atoms with van der Waals surface area (Å²) < 4.78 is 7.33. The van der Waals surface area contributed by atoms with Gasteiger partial charge in [-0.2, -0.15) is 0 Å². The molecule has 2 aromatic rings. The molecule has 0 aromatic carbocycles. The van der Waals surface area contributed by atoms with E-state index in [4.69, 9.17) is 4.74 Å². The van der Waals surface area contributed by atoms with E-state index < -0.39 is 11.7 Å². The van der Waals surface area contributed by atoms with Crippen molar-refractivity contribution < 1.29 is 19.4 Å². The number of rotatable bonds is 7. The molecule has 2 amide bonds. The molecule has 0 radical (unpaired) electrons. The first-order valence-electron chi connectivity index (χ1n) is 12.0. The zero-order chi connectivity index (χ0) is 25.9. The maximum atomic E-state index is 12.7. The maximum Gasteiger partial charge on any atom is 0.410 e. The number of aliphatic hydroxyl groups is 1. The van der Waals surface area contributed by atoms with Gasteiger partial charge in [0.1, 0.15) is 18.1 Å². The van der Waals surface area contributed by atoms with E-state index in [-0.39, 0.29) is 18.2 Å². The van der Waals surface area contributed by atoms with Gasteiger partial charge >= 0.3 is 6.09 Å². The fourth-order valence-corrected chi connectivity index (χ4v) is 4.12. The molecule has 4 rings (SSSR count). The van der Waals surface area contributed by atoms with E-state index in [0.717, 1.165) is 47.7 Å². The number of pyridine rings is 1. The lowest BCUT2D eigenvalue weighted by atomic mass is 10.0. The number of ether oxygens (including phenoxy) is 1. The SMILES string of the molecule is C=C(/C=C\C=C(/C)c1nnc2n1CCC2)NC(=O)c1cc2c(cn1)CCN(C(=O)OCC(C)(C)O)C2. The molecule has 10 heteroatoms. The number of hydrogen-bond acceptors (Lipinski definition) is 7. The van der Waals surface area contributed by atoms with Crippen LogP contribution >= 0.6 is 0 Å². The van der Waals surface area contributed by atoms with Crippen molar-refractivity contribution in [2.24, 2.45) is 0 Å². The molecule has 2 aromatic heterocycles. The topological polar surface area (TPSA) is 122 Å². The lowest BCUT2D eigenvalue weighted by Crippen LogP contribution is -2.39. The second-order valence-electron chi connectivity index (χ2n) is 9.76. The van der Waals surface area contributed by atoms with Crippen molar-refractivity contribution in [3.63, 3.8) is 0 Å². The van der Waals surface area contributed by atoms with Crippen molar-refractivity contribution in [3.8, 4) is 0 Å². The third kappa shape index (κ3) is 6.06. The minimum absolute atomic E-state index is 0.0925.